The van der Waals surface area contributed by atoms with Gasteiger partial charge >= 0.3 is 0 Å². The molecular weight excluding hydrogens is 457 g/mol. The predicted molar refractivity (Wildman–Crippen MR) is 128 cm³/mol. The Morgan fingerprint density at radius 1 is 0.839 bits per heavy atom. The molecule has 158 valence electrons. The number of anilines is 2. The molecule has 0 bridgehead atoms. The first-order valence-electron chi connectivity index (χ1n) is 8.98. The van der Waals surface area contributed by atoms with E-state index in [4.69, 9.17) is 40.2 Å². The molecule has 9 heteroatoms. The minimum atomic E-state index is -0.410. The van der Waals surface area contributed by atoms with Crippen molar-refractivity contribution >= 4 is 63.7 Å². The van der Waals surface area contributed by atoms with E-state index >= 15 is 0 Å². The molecule has 31 heavy (non-hydrogen) atoms. The lowest BCUT2D eigenvalue weighted by Crippen LogP contribution is -2.34. The van der Waals surface area contributed by atoms with Gasteiger partial charge in [-0.05, 0) is 72.9 Å². The monoisotopic (exact) mass is 473 g/mol. The molecule has 0 radical (unpaired) electrons. The van der Waals surface area contributed by atoms with Crippen molar-refractivity contribution in [1.82, 2.24) is 5.32 Å². The molecule has 3 aromatic carbocycles. The number of nitrogens with one attached hydrogen (secondary N) is 3. The molecule has 0 unspecified atom stereocenters. The number of thiocarbonyl (C=S) groups is 1. The van der Waals surface area contributed by atoms with Crippen molar-refractivity contribution in [2.45, 2.75) is 0 Å². The molecule has 0 aliphatic carbocycles. The maximum absolute atomic E-state index is 12.3. The smallest absolute Gasteiger partial charge is 0.257 e. The summed E-state index contributed by atoms with van der Waals surface area (Å²) in [6.45, 7) is 0. The maximum Gasteiger partial charge on any atom is 0.257 e. The van der Waals surface area contributed by atoms with Gasteiger partial charge in [0.05, 0.1) is 12.1 Å². The summed E-state index contributed by atoms with van der Waals surface area (Å²) >= 11 is 17.2. The Hall–Kier alpha value is -3.13. The van der Waals surface area contributed by atoms with Crippen LogP contribution in [0, 0.1) is 0 Å². The van der Waals surface area contributed by atoms with Crippen molar-refractivity contribution in [3.05, 3.63) is 87.9 Å². The number of amides is 2. The van der Waals surface area contributed by atoms with Gasteiger partial charge in [0.15, 0.2) is 5.11 Å². The SMILES string of the molecule is COc1ccc(C(=O)NC(=S)Nc2ccc(NC(=O)c3cccc(Cl)c3)cc2)cc1Cl. The number of hydrogen-bond donors (Lipinski definition) is 3. The van der Waals surface area contributed by atoms with Gasteiger partial charge in [0.25, 0.3) is 11.8 Å². The summed E-state index contributed by atoms with van der Waals surface area (Å²) in [6, 6.07) is 18.2. The number of methoxy groups -OCH3 is 1. The van der Waals surface area contributed by atoms with Crippen molar-refractivity contribution in [3.63, 3.8) is 0 Å². The van der Waals surface area contributed by atoms with Crippen LogP contribution in [0.25, 0.3) is 0 Å². The standard InChI is InChI=1S/C22H17Cl2N3O3S/c1-30-19-10-5-14(12-18(19)24)21(29)27-22(31)26-17-8-6-16(7-9-17)25-20(28)13-3-2-4-15(23)11-13/h2-12H,1H3,(H,25,28)(H2,26,27,29,31). The third-order valence-electron chi connectivity index (χ3n) is 4.13. The molecule has 0 atom stereocenters. The first kappa shape index (κ1) is 22.6. The van der Waals surface area contributed by atoms with Crippen LogP contribution in [-0.4, -0.2) is 24.0 Å². The predicted octanol–water partition coefficient (Wildman–Crippen LogP) is 5.38. The van der Waals surface area contributed by atoms with E-state index in [-0.39, 0.29) is 11.0 Å². The largest absolute Gasteiger partial charge is 0.495 e. The number of rotatable bonds is 5. The zero-order valence-corrected chi connectivity index (χ0v) is 18.6. The topological polar surface area (TPSA) is 79.5 Å². The molecule has 2 amide bonds. The third-order valence-corrected chi connectivity index (χ3v) is 4.86. The second-order valence-electron chi connectivity index (χ2n) is 6.30. The summed E-state index contributed by atoms with van der Waals surface area (Å²) in [5.41, 5.74) is 2.03. The lowest BCUT2D eigenvalue weighted by molar-refractivity contribution is 0.0976. The van der Waals surface area contributed by atoms with Gasteiger partial charge in [-0.25, -0.2) is 0 Å². The van der Waals surface area contributed by atoms with Gasteiger partial charge in [-0.1, -0.05) is 29.3 Å². The van der Waals surface area contributed by atoms with E-state index in [0.717, 1.165) is 0 Å². The quantitative estimate of drug-likeness (QED) is 0.433. The summed E-state index contributed by atoms with van der Waals surface area (Å²) in [6.07, 6.45) is 0. The summed E-state index contributed by atoms with van der Waals surface area (Å²) in [7, 11) is 1.49. The number of halogens is 2. The average molecular weight is 474 g/mol. The highest BCUT2D eigenvalue weighted by molar-refractivity contribution is 7.80. The van der Waals surface area contributed by atoms with Gasteiger partial charge in [0.2, 0.25) is 0 Å². The minimum absolute atomic E-state index is 0.118. The molecule has 0 saturated carbocycles. The fourth-order valence-corrected chi connectivity index (χ4v) is 3.27. The van der Waals surface area contributed by atoms with E-state index in [1.807, 2.05) is 0 Å². The first-order valence-corrected chi connectivity index (χ1v) is 10.1. The summed E-state index contributed by atoms with van der Waals surface area (Å²) in [5, 5.41) is 9.20. The molecule has 0 spiro atoms. The summed E-state index contributed by atoms with van der Waals surface area (Å²) < 4.78 is 5.07. The fourth-order valence-electron chi connectivity index (χ4n) is 2.62. The highest BCUT2D eigenvalue weighted by atomic mass is 35.5. The van der Waals surface area contributed by atoms with E-state index in [2.05, 4.69) is 16.0 Å². The molecule has 0 aromatic heterocycles. The van der Waals surface area contributed by atoms with E-state index < -0.39 is 5.91 Å². The van der Waals surface area contributed by atoms with Crippen molar-refractivity contribution in [3.8, 4) is 5.75 Å². The third kappa shape index (κ3) is 6.18. The Kier molecular flexibility index (Phi) is 7.46. The average Bonchev–Trinajstić information content (AvgIpc) is 2.75. The van der Waals surface area contributed by atoms with Crippen LogP contribution in [0.3, 0.4) is 0 Å². The molecule has 0 heterocycles. The van der Waals surface area contributed by atoms with E-state index in [0.29, 0.717) is 38.3 Å². The normalized spacial score (nSPS) is 10.2. The van der Waals surface area contributed by atoms with Crippen LogP contribution < -0.4 is 20.7 Å². The van der Waals surface area contributed by atoms with Gasteiger partial charge in [-0.15, -0.1) is 0 Å². The van der Waals surface area contributed by atoms with Crippen molar-refractivity contribution in [2.24, 2.45) is 0 Å². The van der Waals surface area contributed by atoms with Crippen LogP contribution in [0.1, 0.15) is 20.7 Å². The number of benzene rings is 3. The van der Waals surface area contributed by atoms with Gasteiger partial charge in [0.1, 0.15) is 5.75 Å². The molecule has 6 nitrogen and oxygen atoms in total. The van der Waals surface area contributed by atoms with Crippen molar-refractivity contribution in [2.75, 3.05) is 17.7 Å². The number of ether oxygens (including phenoxy) is 1. The summed E-state index contributed by atoms with van der Waals surface area (Å²) in [5.74, 6) is -0.210. The second kappa shape index (κ2) is 10.3. The Balaban J connectivity index is 1.56. The number of hydrogen-bond acceptors (Lipinski definition) is 4. The fraction of sp³-hybridized carbons (Fsp3) is 0.0455. The lowest BCUT2D eigenvalue weighted by atomic mass is 10.2. The van der Waals surface area contributed by atoms with Crippen LogP contribution in [-0.2, 0) is 0 Å². The number of carbonyl (C=O) groups is 2. The van der Waals surface area contributed by atoms with Crippen LogP contribution in [0.5, 0.6) is 5.75 Å². The van der Waals surface area contributed by atoms with Crippen molar-refractivity contribution < 1.29 is 14.3 Å². The molecule has 0 aliphatic rings. The highest BCUT2D eigenvalue weighted by Gasteiger charge is 2.11. The lowest BCUT2D eigenvalue weighted by Gasteiger charge is -2.11. The molecular formula is C22H17Cl2N3O3S. The van der Waals surface area contributed by atoms with Crippen molar-refractivity contribution in [1.29, 1.82) is 0 Å². The molecule has 3 aromatic rings. The Bertz CT molecular complexity index is 1140. The first-order chi connectivity index (χ1) is 14.9. The molecule has 3 rings (SSSR count). The summed E-state index contributed by atoms with van der Waals surface area (Å²) in [4.78, 5) is 24.6. The van der Waals surface area contributed by atoms with E-state index in [1.165, 1.54) is 13.2 Å². The van der Waals surface area contributed by atoms with Gasteiger partial charge in [-0.2, -0.15) is 0 Å². The molecule has 0 saturated heterocycles. The zero-order valence-electron chi connectivity index (χ0n) is 16.2. The minimum Gasteiger partial charge on any atom is -0.495 e. The molecule has 3 N–H and O–H groups in total. The molecule has 0 fully saturated rings. The highest BCUT2D eigenvalue weighted by Crippen LogP contribution is 2.25. The Labute approximate surface area is 194 Å². The van der Waals surface area contributed by atoms with Gasteiger partial charge in [0, 0.05) is 27.5 Å². The Morgan fingerprint density at radius 2 is 1.48 bits per heavy atom. The second-order valence-corrected chi connectivity index (χ2v) is 7.55. The van der Waals surface area contributed by atoms with Crippen LogP contribution in [0.4, 0.5) is 11.4 Å². The number of carbonyl (C=O) groups excluding carboxylic acids is 2. The van der Waals surface area contributed by atoms with E-state index in [1.54, 1.807) is 60.7 Å². The molecule has 0 aliphatic heterocycles. The van der Waals surface area contributed by atoms with Gasteiger partial charge in [-0.3, -0.25) is 14.9 Å². The Morgan fingerprint density at radius 3 is 2.10 bits per heavy atom. The maximum atomic E-state index is 12.3. The van der Waals surface area contributed by atoms with Crippen LogP contribution >= 0.6 is 35.4 Å². The van der Waals surface area contributed by atoms with Gasteiger partial charge < -0.3 is 15.4 Å². The van der Waals surface area contributed by atoms with E-state index in [9.17, 15) is 9.59 Å². The zero-order chi connectivity index (χ0) is 22.4. The van der Waals surface area contributed by atoms with Crippen LogP contribution in [0.15, 0.2) is 66.7 Å². The van der Waals surface area contributed by atoms with Crippen LogP contribution in [0.2, 0.25) is 10.0 Å².